The van der Waals surface area contributed by atoms with E-state index in [0.29, 0.717) is 33.0 Å². The molecule has 1 heterocycles. The van der Waals surface area contributed by atoms with Gasteiger partial charge < -0.3 is 0 Å². The quantitative estimate of drug-likeness (QED) is 0.148. The Hall–Kier alpha value is -3.64. The highest BCUT2D eigenvalue weighted by atomic mass is 79.9. The van der Waals surface area contributed by atoms with Crippen molar-refractivity contribution < 1.29 is 19.2 Å². The molecule has 2 amide bonds. The fourth-order valence-corrected chi connectivity index (χ4v) is 5.99. The van der Waals surface area contributed by atoms with Crippen molar-refractivity contribution in [3.8, 4) is 0 Å². The number of Topliss-reactive ketones (excluding diaryl/α,β-unsaturated/α-hetero) is 2. The number of amides is 2. The Bertz CT molecular complexity index is 1750. The van der Waals surface area contributed by atoms with Crippen LogP contribution in [0.1, 0.15) is 47.9 Å². The molecule has 5 aromatic carbocycles. The lowest BCUT2D eigenvalue weighted by atomic mass is 9.80. The molecule has 0 unspecified atom stereocenters. The summed E-state index contributed by atoms with van der Waals surface area (Å²) < 4.78 is 0.744. The molecule has 2 aliphatic rings. The maximum absolute atomic E-state index is 12.7. The summed E-state index contributed by atoms with van der Waals surface area (Å²) in [4.78, 5) is 50.3. The maximum Gasteiger partial charge on any atom is 0.258 e. The lowest BCUT2D eigenvalue weighted by Gasteiger charge is -2.24. The average Bonchev–Trinajstić information content (AvgIpc) is 2.75. The number of halogens is 1. The summed E-state index contributed by atoms with van der Waals surface area (Å²) in [7, 11) is 0. The van der Waals surface area contributed by atoms with Gasteiger partial charge in [0.2, 0.25) is 0 Å². The molecule has 0 fully saturated rings. The molecule has 6 heteroatoms. The zero-order chi connectivity index (χ0) is 21.2. The van der Waals surface area contributed by atoms with E-state index >= 15 is 0 Å². The number of carbonyl (C=O) groups is 4. The summed E-state index contributed by atoms with van der Waals surface area (Å²) >= 11 is 3.65. The van der Waals surface area contributed by atoms with E-state index in [1.165, 1.54) is 0 Å². The van der Waals surface area contributed by atoms with Crippen LogP contribution in [0.4, 0.5) is 0 Å². The van der Waals surface area contributed by atoms with Crippen LogP contribution in [-0.2, 0) is 0 Å². The van der Waals surface area contributed by atoms with Gasteiger partial charge in [-0.1, -0.05) is 40.2 Å². The van der Waals surface area contributed by atoms with Crippen molar-refractivity contribution in [2.75, 3.05) is 0 Å². The molecule has 0 aromatic heterocycles. The summed E-state index contributed by atoms with van der Waals surface area (Å²) in [5.41, 5.74) is 2.04. The molecule has 1 aliphatic heterocycles. The van der Waals surface area contributed by atoms with Crippen LogP contribution in [0, 0.1) is 0 Å². The highest BCUT2D eigenvalue weighted by Gasteiger charge is 2.31. The van der Waals surface area contributed by atoms with Crippen LogP contribution in [0.5, 0.6) is 0 Å². The SMILES string of the molecule is O=C1NC(=O)c2ccc3c4c(Br)cc5c6c(ccc(c7ccc1c2c73)c64)C(=O)CC5=O. The first-order chi connectivity index (χ1) is 15.0. The number of rotatable bonds is 0. The second kappa shape index (κ2) is 5.34. The van der Waals surface area contributed by atoms with Crippen molar-refractivity contribution in [3.63, 3.8) is 0 Å². The highest BCUT2D eigenvalue weighted by Crippen LogP contribution is 2.47. The maximum atomic E-state index is 12.7. The Morgan fingerprint density at radius 1 is 0.581 bits per heavy atom. The normalized spacial score (nSPS) is 15.6. The van der Waals surface area contributed by atoms with Gasteiger partial charge in [0.25, 0.3) is 11.8 Å². The van der Waals surface area contributed by atoms with E-state index in [2.05, 4.69) is 21.2 Å². The summed E-state index contributed by atoms with van der Waals surface area (Å²) in [5, 5.41) is 8.91. The van der Waals surface area contributed by atoms with Crippen molar-refractivity contribution in [2.45, 2.75) is 6.42 Å². The van der Waals surface area contributed by atoms with Crippen molar-refractivity contribution >= 4 is 82.4 Å². The van der Waals surface area contributed by atoms with Crippen LogP contribution >= 0.6 is 15.9 Å². The van der Waals surface area contributed by atoms with Crippen LogP contribution < -0.4 is 5.32 Å². The minimum absolute atomic E-state index is 0.122. The average molecular weight is 468 g/mol. The van der Waals surface area contributed by atoms with Gasteiger partial charge in [-0.15, -0.1) is 0 Å². The second-order valence-electron chi connectivity index (χ2n) is 8.07. The topological polar surface area (TPSA) is 80.3 Å². The van der Waals surface area contributed by atoms with Crippen molar-refractivity contribution in [1.29, 1.82) is 0 Å². The van der Waals surface area contributed by atoms with E-state index in [1.807, 2.05) is 18.2 Å². The molecule has 0 atom stereocenters. The molecule has 31 heavy (non-hydrogen) atoms. The summed E-state index contributed by atoms with van der Waals surface area (Å²) in [5.74, 6) is -1.17. The second-order valence-corrected chi connectivity index (χ2v) is 8.92. The third-order valence-corrected chi connectivity index (χ3v) is 7.22. The highest BCUT2D eigenvalue weighted by molar-refractivity contribution is 9.10. The van der Waals surface area contributed by atoms with Gasteiger partial charge in [0.15, 0.2) is 11.6 Å². The Balaban J connectivity index is 1.85. The van der Waals surface area contributed by atoms with Crippen LogP contribution in [0.15, 0.2) is 46.9 Å². The number of nitrogens with one attached hydrogen (secondary N) is 1. The lowest BCUT2D eigenvalue weighted by molar-refractivity contribution is 0.0839. The summed E-state index contributed by atoms with van der Waals surface area (Å²) in [6, 6.07) is 12.7. The van der Waals surface area contributed by atoms with E-state index < -0.39 is 11.8 Å². The minimum Gasteiger partial charge on any atom is -0.294 e. The number of benzene rings is 5. The first-order valence-corrected chi connectivity index (χ1v) is 10.6. The van der Waals surface area contributed by atoms with Gasteiger partial charge in [0.05, 0.1) is 6.42 Å². The van der Waals surface area contributed by atoms with Crippen molar-refractivity contribution in [3.05, 3.63) is 69.2 Å². The van der Waals surface area contributed by atoms with E-state index in [0.717, 1.165) is 36.8 Å². The molecular formula is C25H10BrNO4. The van der Waals surface area contributed by atoms with E-state index in [1.54, 1.807) is 24.3 Å². The van der Waals surface area contributed by atoms with Gasteiger partial charge in [-0.05, 0) is 45.1 Å². The van der Waals surface area contributed by atoms with Gasteiger partial charge in [0, 0.05) is 42.9 Å². The largest absolute Gasteiger partial charge is 0.294 e. The van der Waals surface area contributed by atoms with E-state index in [-0.39, 0.29) is 18.0 Å². The zero-order valence-electron chi connectivity index (χ0n) is 15.8. The molecule has 7 rings (SSSR count). The summed E-state index contributed by atoms with van der Waals surface area (Å²) in [6.07, 6.45) is -0.122. The molecule has 0 spiro atoms. The van der Waals surface area contributed by atoms with Gasteiger partial charge in [0.1, 0.15) is 0 Å². The minimum atomic E-state index is -0.410. The smallest absolute Gasteiger partial charge is 0.258 e. The number of carbonyl (C=O) groups excluding carboxylic acids is 4. The number of fused-ring (bicyclic) bond motifs is 2. The van der Waals surface area contributed by atoms with Crippen molar-refractivity contribution in [1.82, 2.24) is 5.32 Å². The predicted molar refractivity (Wildman–Crippen MR) is 120 cm³/mol. The Kier molecular flexibility index (Phi) is 2.94. The van der Waals surface area contributed by atoms with Crippen molar-refractivity contribution in [2.24, 2.45) is 0 Å². The van der Waals surface area contributed by atoms with Gasteiger partial charge in [-0.2, -0.15) is 0 Å². The predicted octanol–water partition coefficient (Wildman–Crippen LogP) is 5.15. The third-order valence-electron chi connectivity index (χ3n) is 6.59. The van der Waals surface area contributed by atoms with Crippen LogP contribution in [0.25, 0.3) is 43.1 Å². The van der Waals surface area contributed by atoms with Crippen LogP contribution in [0.3, 0.4) is 0 Å². The summed E-state index contributed by atoms with van der Waals surface area (Å²) in [6.45, 7) is 0. The molecular weight excluding hydrogens is 458 g/mol. The molecule has 0 saturated carbocycles. The third kappa shape index (κ3) is 1.87. The van der Waals surface area contributed by atoms with E-state index in [4.69, 9.17) is 0 Å². The Morgan fingerprint density at radius 2 is 1.13 bits per heavy atom. The number of imide groups is 1. The molecule has 0 radical (unpaired) electrons. The van der Waals surface area contributed by atoms with Gasteiger partial charge in [-0.25, -0.2) is 0 Å². The Morgan fingerprint density at radius 3 is 1.84 bits per heavy atom. The molecule has 0 bridgehead atoms. The van der Waals surface area contributed by atoms with Gasteiger partial charge in [-0.3, -0.25) is 24.5 Å². The molecule has 1 aliphatic carbocycles. The zero-order valence-corrected chi connectivity index (χ0v) is 17.3. The fourth-order valence-electron chi connectivity index (χ4n) is 5.35. The first kappa shape index (κ1) is 17.1. The molecule has 5 aromatic rings. The first-order valence-electron chi connectivity index (χ1n) is 9.77. The number of ketones is 2. The van der Waals surface area contributed by atoms with Gasteiger partial charge >= 0.3 is 0 Å². The molecule has 1 N–H and O–H groups in total. The standard InChI is InChI=1S/C25H10BrNO4/c26-16-7-15-18(29)8-17(28)11-3-1-10-9-2-5-13-21-14(25(31)27-24(13)30)6-4-12(19(9)21)22(16)23(10)20(11)15/h1-7H,8H2,(H,27,30,31). The number of hydrogen-bond acceptors (Lipinski definition) is 4. The molecule has 146 valence electrons. The lowest BCUT2D eigenvalue weighted by Crippen LogP contribution is -2.34. The number of hydrogen-bond donors (Lipinski definition) is 1. The van der Waals surface area contributed by atoms with Crippen LogP contribution in [-0.4, -0.2) is 23.4 Å². The fraction of sp³-hybridized carbons (Fsp3) is 0.0400. The monoisotopic (exact) mass is 467 g/mol. The van der Waals surface area contributed by atoms with Crippen LogP contribution in [0.2, 0.25) is 0 Å². The Labute approximate surface area is 182 Å². The molecule has 5 nitrogen and oxygen atoms in total. The van der Waals surface area contributed by atoms with E-state index in [9.17, 15) is 19.2 Å². The molecule has 0 saturated heterocycles.